The first kappa shape index (κ1) is 27.6. The molecule has 0 bridgehead atoms. The summed E-state index contributed by atoms with van der Waals surface area (Å²) in [5.74, 6) is -0.164. The molecule has 37 heavy (non-hydrogen) atoms. The molecule has 1 amide bonds. The summed E-state index contributed by atoms with van der Waals surface area (Å²) in [5, 5.41) is 3.93. The van der Waals surface area contributed by atoms with Crippen molar-refractivity contribution >= 4 is 22.1 Å². The van der Waals surface area contributed by atoms with E-state index in [1.54, 1.807) is 30.3 Å². The zero-order chi connectivity index (χ0) is 27.0. The summed E-state index contributed by atoms with van der Waals surface area (Å²) in [4.78, 5) is 12.7. The van der Waals surface area contributed by atoms with E-state index in [1.165, 1.54) is 57.9 Å². The van der Waals surface area contributed by atoms with Gasteiger partial charge < -0.3 is 14.2 Å². The zero-order valence-corrected chi connectivity index (χ0v) is 21.7. The maximum atomic E-state index is 14.3. The van der Waals surface area contributed by atoms with Crippen molar-refractivity contribution < 1.29 is 31.8 Å². The van der Waals surface area contributed by atoms with Gasteiger partial charge in [-0.2, -0.15) is 9.41 Å². The van der Waals surface area contributed by atoms with Gasteiger partial charge in [0.05, 0.1) is 39.0 Å². The largest absolute Gasteiger partial charge is 0.493 e. The number of aryl methyl sites for hydroxylation is 1. The molecule has 0 unspecified atom stereocenters. The first-order valence-electron chi connectivity index (χ1n) is 11.1. The van der Waals surface area contributed by atoms with Gasteiger partial charge in [0.2, 0.25) is 15.8 Å². The number of nitrogens with zero attached hydrogens (tertiary/aromatic N) is 2. The molecule has 0 saturated carbocycles. The highest BCUT2D eigenvalue weighted by Gasteiger charge is 2.27. The standard InChI is InChI=1S/C26H28FN3O6S/c1-18-9-12-21(13-10-18)37(32,33)30(16-20-7-5-6-8-22(20)27)17-24(31)29-28-15-19-11-14-23(34-2)26(36-4)25(19)35-3/h5-15H,16-17H2,1-4H3,(H,29,31)/b28-15-. The minimum absolute atomic E-state index is 0.0131. The Morgan fingerprint density at radius 2 is 1.65 bits per heavy atom. The number of amides is 1. The van der Waals surface area contributed by atoms with Crippen molar-refractivity contribution in [3.05, 3.63) is 83.2 Å². The lowest BCUT2D eigenvalue weighted by Crippen LogP contribution is -2.39. The van der Waals surface area contributed by atoms with E-state index in [0.29, 0.717) is 22.8 Å². The predicted molar refractivity (Wildman–Crippen MR) is 137 cm³/mol. The molecule has 0 aliphatic heterocycles. The van der Waals surface area contributed by atoms with Gasteiger partial charge >= 0.3 is 0 Å². The molecule has 0 saturated heterocycles. The SMILES string of the molecule is COc1ccc(/C=N\NC(=O)CN(Cc2ccccc2F)S(=O)(=O)c2ccc(C)cc2)c(OC)c1OC. The second-order valence-electron chi connectivity index (χ2n) is 7.89. The average molecular weight is 530 g/mol. The Morgan fingerprint density at radius 1 is 0.973 bits per heavy atom. The first-order valence-corrected chi connectivity index (χ1v) is 12.6. The fourth-order valence-corrected chi connectivity index (χ4v) is 4.87. The molecule has 0 radical (unpaired) electrons. The number of carbonyl (C=O) groups excluding carboxylic acids is 1. The molecule has 0 aliphatic carbocycles. The van der Waals surface area contributed by atoms with Crippen LogP contribution in [0.1, 0.15) is 16.7 Å². The molecule has 1 N–H and O–H groups in total. The first-order chi connectivity index (χ1) is 17.7. The highest BCUT2D eigenvalue weighted by Crippen LogP contribution is 2.38. The minimum atomic E-state index is -4.13. The van der Waals surface area contributed by atoms with E-state index < -0.39 is 28.3 Å². The lowest BCUT2D eigenvalue weighted by molar-refractivity contribution is -0.121. The molecule has 11 heteroatoms. The monoisotopic (exact) mass is 529 g/mol. The van der Waals surface area contributed by atoms with E-state index in [9.17, 15) is 17.6 Å². The number of rotatable bonds is 11. The van der Waals surface area contributed by atoms with Crippen LogP contribution in [0.25, 0.3) is 0 Å². The summed E-state index contributed by atoms with van der Waals surface area (Å²) in [5.41, 5.74) is 3.80. The summed E-state index contributed by atoms with van der Waals surface area (Å²) < 4.78 is 57.9. The maximum absolute atomic E-state index is 14.3. The van der Waals surface area contributed by atoms with Crippen LogP contribution in [-0.2, 0) is 21.4 Å². The molecule has 9 nitrogen and oxygen atoms in total. The van der Waals surface area contributed by atoms with Crippen molar-refractivity contribution in [1.82, 2.24) is 9.73 Å². The Labute approximate surface area is 215 Å². The van der Waals surface area contributed by atoms with Crippen LogP contribution in [0.2, 0.25) is 0 Å². The molecule has 0 heterocycles. The van der Waals surface area contributed by atoms with Crippen LogP contribution in [-0.4, -0.2) is 52.7 Å². The molecule has 3 aromatic rings. The van der Waals surface area contributed by atoms with Crippen LogP contribution < -0.4 is 19.6 Å². The number of methoxy groups -OCH3 is 3. The Balaban J connectivity index is 1.83. The van der Waals surface area contributed by atoms with Crippen LogP contribution in [0.4, 0.5) is 4.39 Å². The van der Waals surface area contributed by atoms with Crippen molar-refractivity contribution in [2.45, 2.75) is 18.4 Å². The van der Waals surface area contributed by atoms with Gasteiger partial charge in [0.25, 0.3) is 5.91 Å². The van der Waals surface area contributed by atoms with Crippen LogP contribution >= 0.6 is 0 Å². The molecular weight excluding hydrogens is 501 g/mol. The third-order valence-corrected chi connectivity index (χ3v) is 7.22. The van der Waals surface area contributed by atoms with Crippen LogP contribution in [0.15, 0.2) is 70.7 Å². The third kappa shape index (κ3) is 6.63. The molecule has 3 aromatic carbocycles. The smallest absolute Gasteiger partial charge is 0.255 e. The van der Waals surface area contributed by atoms with E-state index >= 15 is 0 Å². The fourth-order valence-electron chi connectivity index (χ4n) is 3.50. The molecule has 0 fully saturated rings. The van der Waals surface area contributed by atoms with E-state index in [0.717, 1.165) is 9.87 Å². The van der Waals surface area contributed by atoms with E-state index in [4.69, 9.17) is 14.2 Å². The number of nitrogens with one attached hydrogen (secondary N) is 1. The molecule has 0 atom stereocenters. The summed E-state index contributed by atoms with van der Waals surface area (Å²) >= 11 is 0. The number of hydrazone groups is 1. The van der Waals surface area contributed by atoms with Gasteiger partial charge in [-0.15, -0.1) is 0 Å². The molecule has 3 rings (SSSR count). The molecular formula is C26H28FN3O6S. The number of carbonyl (C=O) groups is 1. The third-order valence-electron chi connectivity index (χ3n) is 5.41. The number of benzene rings is 3. The average Bonchev–Trinajstić information content (AvgIpc) is 2.89. The Hall–Kier alpha value is -3.96. The summed E-state index contributed by atoms with van der Waals surface area (Å²) in [6, 6.07) is 15.3. The fraction of sp³-hybridized carbons (Fsp3) is 0.231. The Morgan fingerprint density at radius 3 is 2.27 bits per heavy atom. The van der Waals surface area contributed by atoms with Gasteiger partial charge in [-0.25, -0.2) is 18.2 Å². The second kappa shape index (κ2) is 12.3. The van der Waals surface area contributed by atoms with Crippen molar-refractivity contribution in [3.63, 3.8) is 0 Å². The molecule has 196 valence electrons. The Kier molecular flexibility index (Phi) is 9.20. The zero-order valence-electron chi connectivity index (χ0n) is 20.9. The lowest BCUT2D eigenvalue weighted by atomic mass is 10.2. The van der Waals surface area contributed by atoms with Gasteiger partial charge in [0.1, 0.15) is 5.82 Å². The van der Waals surface area contributed by atoms with Crippen LogP contribution in [0.5, 0.6) is 17.2 Å². The predicted octanol–water partition coefficient (Wildman–Crippen LogP) is 3.50. The molecule has 0 spiro atoms. The number of hydrogen-bond acceptors (Lipinski definition) is 7. The molecule has 0 aromatic heterocycles. The van der Waals surface area contributed by atoms with E-state index in [1.807, 2.05) is 6.92 Å². The van der Waals surface area contributed by atoms with Crippen molar-refractivity contribution in [2.75, 3.05) is 27.9 Å². The Bertz CT molecular complexity index is 1380. The van der Waals surface area contributed by atoms with Gasteiger partial charge in [-0.3, -0.25) is 4.79 Å². The van der Waals surface area contributed by atoms with E-state index in [2.05, 4.69) is 10.5 Å². The quantitative estimate of drug-likeness (QED) is 0.301. The lowest BCUT2D eigenvalue weighted by Gasteiger charge is -2.22. The number of ether oxygens (including phenoxy) is 3. The highest BCUT2D eigenvalue weighted by atomic mass is 32.2. The summed E-state index contributed by atoms with van der Waals surface area (Å²) in [6.45, 7) is 0.890. The van der Waals surface area contributed by atoms with Gasteiger partial charge in [-0.1, -0.05) is 35.9 Å². The normalized spacial score (nSPS) is 11.5. The maximum Gasteiger partial charge on any atom is 0.255 e. The number of hydrogen-bond donors (Lipinski definition) is 1. The summed E-state index contributed by atoms with van der Waals surface area (Å²) in [7, 11) is 0.268. The second-order valence-corrected chi connectivity index (χ2v) is 9.83. The number of sulfonamides is 1. The van der Waals surface area contributed by atoms with Crippen molar-refractivity contribution in [3.8, 4) is 17.2 Å². The topological polar surface area (TPSA) is 107 Å². The van der Waals surface area contributed by atoms with E-state index in [-0.39, 0.29) is 17.0 Å². The van der Waals surface area contributed by atoms with Gasteiger partial charge in [0, 0.05) is 17.7 Å². The highest BCUT2D eigenvalue weighted by molar-refractivity contribution is 7.89. The molecule has 0 aliphatic rings. The van der Waals surface area contributed by atoms with Crippen molar-refractivity contribution in [1.29, 1.82) is 0 Å². The van der Waals surface area contributed by atoms with Gasteiger partial charge in [0.15, 0.2) is 11.5 Å². The van der Waals surface area contributed by atoms with Crippen molar-refractivity contribution in [2.24, 2.45) is 5.10 Å². The van der Waals surface area contributed by atoms with Gasteiger partial charge in [-0.05, 0) is 37.3 Å². The van der Waals surface area contributed by atoms with Crippen LogP contribution in [0, 0.1) is 12.7 Å². The summed E-state index contributed by atoms with van der Waals surface area (Å²) in [6.07, 6.45) is 1.33. The number of halogens is 1. The van der Waals surface area contributed by atoms with Crippen LogP contribution in [0.3, 0.4) is 0 Å². The minimum Gasteiger partial charge on any atom is -0.493 e.